The van der Waals surface area contributed by atoms with Crippen LogP contribution in [0.15, 0.2) is 24.3 Å². The van der Waals surface area contributed by atoms with Crippen LogP contribution in [0.2, 0.25) is 0 Å². The molecule has 0 aliphatic rings. The van der Waals surface area contributed by atoms with E-state index in [0.29, 0.717) is 6.04 Å². The predicted molar refractivity (Wildman–Crippen MR) is 60.0 cm³/mol. The molecule has 1 rings (SSSR count). The number of aldehydes is 1. The second-order valence-electron chi connectivity index (χ2n) is 3.62. The first-order chi connectivity index (χ1) is 7.24. The summed E-state index contributed by atoms with van der Waals surface area (Å²) in [5.74, 6) is 0.776. The highest BCUT2D eigenvalue weighted by Gasteiger charge is 2.02. The second-order valence-corrected chi connectivity index (χ2v) is 3.62. The highest BCUT2D eigenvalue weighted by atomic mass is 16.5. The molecule has 0 saturated heterocycles. The van der Waals surface area contributed by atoms with Gasteiger partial charge < -0.3 is 10.1 Å². The van der Waals surface area contributed by atoms with Crippen molar-refractivity contribution in [1.29, 1.82) is 0 Å². The van der Waals surface area contributed by atoms with Crippen LogP contribution in [0.5, 0.6) is 5.75 Å². The average molecular weight is 207 g/mol. The van der Waals surface area contributed by atoms with Gasteiger partial charge in [0.2, 0.25) is 0 Å². The largest absolute Gasteiger partial charge is 0.486 e. The van der Waals surface area contributed by atoms with E-state index in [9.17, 15) is 4.79 Å². The standard InChI is InChI=1S/C12H17NO2/c1-10(2)13-9-11-5-3-4-6-12(11)15-8-7-14/h3-7,10,13H,8-9H2,1-2H3. The number of hydrogen-bond donors (Lipinski definition) is 1. The zero-order valence-electron chi connectivity index (χ0n) is 9.19. The van der Waals surface area contributed by atoms with Crippen molar-refractivity contribution in [3.8, 4) is 5.75 Å². The maximum absolute atomic E-state index is 10.2. The van der Waals surface area contributed by atoms with E-state index in [1.54, 1.807) is 0 Å². The Labute approximate surface area is 90.4 Å². The number of carbonyl (C=O) groups is 1. The summed E-state index contributed by atoms with van der Waals surface area (Å²) in [6.45, 7) is 5.05. The molecule has 3 heteroatoms. The second kappa shape index (κ2) is 6.19. The van der Waals surface area contributed by atoms with Crippen LogP contribution in [0.1, 0.15) is 19.4 Å². The molecule has 3 nitrogen and oxygen atoms in total. The van der Waals surface area contributed by atoms with Crippen LogP contribution in [0.4, 0.5) is 0 Å². The van der Waals surface area contributed by atoms with Gasteiger partial charge in [-0.3, -0.25) is 4.79 Å². The van der Waals surface area contributed by atoms with E-state index < -0.39 is 0 Å². The SMILES string of the molecule is CC(C)NCc1ccccc1OCC=O. The van der Waals surface area contributed by atoms with Crippen molar-refractivity contribution in [2.45, 2.75) is 26.4 Å². The van der Waals surface area contributed by atoms with E-state index in [0.717, 1.165) is 24.1 Å². The lowest BCUT2D eigenvalue weighted by molar-refractivity contribution is -0.109. The molecule has 0 heterocycles. The highest BCUT2D eigenvalue weighted by molar-refractivity contribution is 5.51. The molecule has 0 aliphatic carbocycles. The van der Waals surface area contributed by atoms with E-state index in [1.165, 1.54) is 0 Å². The van der Waals surface area contributed by atoms with Crippen LogP contribution in [0.25, 0.3) is 0 Å². The third kappa shape index (κ3) is 4.13. The Morgan fingerprint density at radius 3 is 2.80 bits per heavy atom. The Balaban J connectivity index is 2.63. The summed E-state index contributed by atoms with van der Waals surface area (Å²) >= 11 is 0. The predicted octanol–water partition coefficient (Wildman–Crippen LogP) is 1.76. The summed E-state index contributed by atoms with van der Waals surface area (Å²) in [4.78, 5) is 10.2. The lowest BCUT2D eigenvalue weighted by Gasteiger charge is -2.12. The summed E-state index contributed by atoms with van der Waals surface area (Å²) in [5, 5.41) is 3.31. The summed E-state index contributed by atoms with van der Waals surface area (Å²) in [5.41, 5.74) is 1.08. The fraction of sp³-hybridized carbons (Fsp3) is 0.417. The molecule has 0 amide bonds. The molecule has 15 heavy (non-hydrogen) atoms. The minimum Gasteiger partial charge on any atom is -0.486 e. The Bertz CT molecular complexity index is 310. The zero-order chi connectivity index (χ0) is 11.1. The van der Waals surface area contributed by atoms with Crippen LogP contribution in [-0.2, 0) is 11.3 Å². The van der Waals surface area contributed by atoms with Crippen molar-refractivity contribution in [3.63, 3.8) is 0 Å². The normalized spacial score (nSPS) is 10.3. The molecule has 0 fully saturated rings. The fourth-order valence-corrected chi connectivity index (χ4v) is 1.23. The topological polar surface area (TPSA) is 38.3 Å². The molecule has 1 aromatic rings. The van der Waals surface area contributed by atoms with Crippen LogP contribution in [-0.4, -0.2) is 18.9 Å². The maximum atomic E-state index is 10.2. The molecule has 0 aliphatic heterocycles. The van der Waals surface area contributed by atoms with Gasteiger partial charge in [-0.25, -0.2) is 0 Å². The Morgan fingerprint density at radius 1 is 1.40 bits per heavy atom. The Morgan fingerprint density at radius 2 is 2.13 bits per heavy atom. The van der Waals surface area contributed by atoms with E-state index >= 15 is 0 Å². The number of para-hydroxylation sites is 1. The fourth-order valence-electron chi connectivity index (χ4n) is 1.23. The van der Waals surface area contributed by atoms with Gasteiger partial charge in [-0.2, -0.15) is 0 Å². The third-order valence-corrected chi connectivity index (χ3v) is 1.98. The molecule has 1 aromatic carbocycles. The van der Waals surface area contributed by atoms with E-state index in [2.05, 4.69) is 19.2 Å². The number of rotatable bonds is 6. The van der Waals surface area contributed by atoms with Crippen LogP contribution < -0.4 is 10.1 Å². The summed E-state index contributed by atoms with van der Waals surface area (Å²) in [7, 11) is 0. The van der Waals surface area contributed by atoms with Gasteiger partial charge in [0.1, 0.15) is 12.4 Å². The lowest BCUT2D eigenvalue weighted by Crippen LogP contribution is -2.22. The van der Waals surface area contributed by atoms with Crippen molar-refractivity contribution >= 4 is 6.29 Å². The molecule has 0 unspecified atom stereocenters. The number of benzene rings is 1. The molecule has 0 radical (unpaired) electrons. The number of nitrogens with one attached hydrogen (secondary N) is 1. The van der Waals surface area contributed by atoms with Gasteiger partial charge in [0.05, 0.1) is 0 Å². The van der Waals surface area contributed by atoms with Gasteiger partial charge in [0.15, 0.2) is 6.29 Å². The van der Waals surface area contributed by atoms with Gasteiger partial charge in [0, 0.05) is 18.2 Å². The van der Waals surface area contributed by atoms with Gasteiger partial charge in [-0.15, -0.1) is 0 Å². The Kier molecular flexibility index (Phi) is 4.84. The lowest BCUT2D eigenvalue weighted by atomic mass is 10.2. The molecule has 82 valence electrons. The van der Waals surface area contributed by atoms with Crippen molar-refractivity contribution in [3.05, 3.63) is 29.8 Å². The zero-order valence-corrected chi connectivity index (χ0v) is 9.19. The van der Waals surface area contributed by atoms with E-state index in [-0.39, 0.29) is 6.61 Å². The van der Waals surface area contributed by atoms with Crippen LogP contribution in [0, 0.1) is 0 Å². The molecule has 0 aromatic heterocycles. The number of ether oxygens (including phenoxy) is 1. The molecule has 1 N–H and O–H groups in total. The smallest absolute Gasteiger partial charge is 0.157 e. The molecular weight excluding hydrogens is 190 g/mol. The number of carbonyl (C=O) groups excluding carboxylic acids is 1. The number of hydrogen-bond acceptors (Lipinski definition) is 3. The van der Waals surface area contributed by atoms with Crippen molar-refractivity contribution < 1.29 is 9.53 Å². The first kappa shape index (κ1) is 11.7. The summed E-state index contributed by atoms with van der Waals surface area (Å²) in [6, 6.07) is 8.17. The summed E-state index contributed by atoms with van der Waals surface area (Å²) in [6.07, 6.45) is 0.757. The third-order valence-electron chi connectivity index (χ3n) is 1.98. The molecule has 0 spiro atoms. The quantitative estimate of drug-likeness (QED) is 0.722. The van der Waals surface area contributed by atoms with Crippen molar-refractivity contribution in [2.75, 3.05) is 6.61 Å². The van der Waals surface area contributed by atoms with Crippen molar-refractivity contribution in [2.24, 2.45) is 0 Å². The molecular formula is C12H17NO2. The molecule has 0 saturated carbocycles. The first-order valence-electron chi connectivity index (χ1n) is 5.11. The molecule has 0 bridgehead atoms. The first-order valence-corrected chi connectivity index (χ1v) is 5.11. The van der Waals surface area contributed by atoms with Crippen LogP contribution >= 0.6 is 0 Å². The summed E-state index contributed by atoms with van der Waals surface area (Å²) < 4.78 is 5.31. The highest BCUT2D eigenvalue weighted by Crippen LogP contribution is 2.17. The average Bonchev–Trinajstić information content (AvgIpc) is 2.24. The van der Waals surface area contributed by atoms with E-state index in [1.807, 2.05) is 24.3 Å². The van der Waals surface area contributed by atoms with Gasteiger partial charge >= 0.3 is 0 Å². The Hall–Kier alpha value is -1.35. The van der Waals surface area contributed by atoms with E-state index in [4.69, 9.17) is 4.74 Å². The van der Waals surface area contributed by atoms with Gasteiger partial charge in [0.25, 0.3) is 0 Å². The minimum absolute atomic E-state index is 0.110. The minimum atomic E-state index is 0.110. The monoisotopic (exact) mass is 207 g/mol. The maximum Gasteiger partial charge on any atom is 0.157 e. The van der Waals surface area contributed by atoms with Crippen LogP contribution in [0.3, 0.4) is 0 Å². The van der Waals surface area contributed by atoms with Gasteiger partial charge in [-0.05, 0) is 6.07 Å². The molecule has 0 atom stereocenters. The van der Waals surface area contributed by atoms with Gasteiger partial charge in [-0.1, -0.05) is 32.0 Å². The van der Waals surface area contributed by atoms with Crippen molar-refractivity contribution in [1.82, 2.24) is 5.32 Å².